The number of carbonyl (C=O) groups is 2. The molecule has 0 aliphatic heterocycles. The Labute approximate surface area is 167 Å². The minimum absolute atomic E-state index is 0.161. The van der Waals surface area contributed by atoms with Gasteiger partial charge in [0.15, 0.2) is 0 Å². The molecule has 0 radical (unpaired) electrons. The van der Waals surface area contributed by atoms with Crippen molar-refractivity contribution in [3.05, 3.63) is 78.3 Å². The number of rotatable bonds is 6. The van der Waals surface area contributed by atoms with Gasteiger partial charge in [-0.1, -0.05) is 6.08 Å². The average Bonchev–Trinajstić information content (AvgIpc) is 3.35. The summed E-state index contributed by atoms with van der Waals surface area (Å²) in [6.45, 7) is 5.52. The van der Waals surface area contributed by atoms with Crippen molar-refractivity contribution in [3.63, 3.8) is 0 Å². The standard InChI is InChI=1S/C21H19N5O3/c1-3-10-23-21(28)25-16-8-6-15(7-9-16)24-19(27)18-14(2)29-20(17(18)13-22)26-11-4-5-12-26/h3-9,11-12H,1,10H2,2H3,(H,24,27)(H2,23,25,28). The van der Waals surface area contributed by atoms with Crippen LogP contribution < -0.4 is 16.0 Å². The van der Waals surface area contributed by atoms with E-state index in [0.29, 0.717) is 29.6 Å². The molecule has 0 bridgehead atoms. The highest BCUT2D eigenvalue weighted by Crippen LogP contribution is 2.26. The SMILES string of the molecule is C=CCNC(=O)Nc1ccc(NC(=O)c2c(C)oc(-n3cccc3)c2C#N)cc1. The van der Waals surface area contributed by atoms with Crippen LogP contribution >= 0.6 is 0 Å². The number of anilines is 2. The molecule has 8 nitrogen and oxygen atoms in total. The van der Waals surface area contributed by atoms with Crippen LogP contribution in [0.25, 0.3) is 5.88 Å². The fourth-order valence-electron chi connectivity index (χ4n) is 2.73. The van der Waals surface area contributed by atoms with Crippen molar-refractivity contribution >= 4 is 23.3 Å². The number of urea groups is 1. The Balaban J connectivity index is 1.75. The molecular weight excluding hydrogens is 370 g/mol. The largest absolute Gasteiger partial charge is 0.443 e. The minimum atomic E-state index is -0.453. The molecule has 0 fully saturated rings. The zero-order valence-corrected chi connectivity index (χ0v) is 15.7. The molecule has 0 spiro atoms. The minimum Gasteiger partial charge on any atom is -0.443 e. The van der Waals surface area contributed by atoms with Crippen molar-refractivity contribution in [2.45, 2.75) is 6.92 Å². The lowest BCUT2D eigenvalue weighted by molar-refractivity contribution is 0.102. The van der Waals surface area contributed by atoms with Crippen molar-refractivity contribution < 1.29 is 14.0 Å². The van der Waals surface area contributed by atoms with E-state index in [0.717, 1.165) is 0 Å². The topological polar surface area (TPSA) is 112 Å². The maximum absolute atomic E-state index is 12.8. The monoisotopic (exact) mass is 389 g/mol. The summed E-state index contributed by atoms with van der Waals surface area (Å²) in [6.07, 6.45) is 5.04. The van der Waals surface area contributed by atoms with E-state index in [-0.39, 0.29) is 17.2 Å². The summed E-state index contributed by atoms with van der Waals surface area (Å²) < 4.78 is 7.29. The lowest BCUT2D eigenvalue weighted by Gasteiger charge is -2.08. The van der Waals surface area contributed by atoms with Crippen molar-refractivity contribution in [3.8, 4) is 12.0 Å². The third-order valence-corrected chi connectivity index (χ3v) is 4.05. The Morgan fingerprint density at radius 2 is 1.79 bits per heavy atom. The van der Waals surface area contributed by atoms with E-state index in [1.54, 1.807) is 66.4 Å². The molecule has 2 aromatic heterocycles. The number of aryl methyl sites for hydroxylation is 1. The number of hydrogen-bond acceptors (Lipinski definition) is 4. The van der Waals surface area contributed by atoms with E-state index in [2.05, 4.69) is 28.6 Å². The molecule has 0 aliphatic rings. The van der Waals surface area contributed by atoms with Crippen LogP contribution in [0.1, 0.15) is 21.7 Å². The van der Waals surface area contributed by atoms with Gasteiger partial charge in [0.1, 0.15) is 23.0 Å². The molecule has 3 aromatic rings. The Morgan fingerprint density at radius 3 is 2.38 bits per heavy atom. The quantitative estimate of drug-likeness (QED) is 0.557. The number of benzene rings is 1. The third kappa shape index (κ3) is 4.36. The van der Waals surface area contributed by atoms with Crippen molar-refractivity contribution in [1.82, 2.24) is 9.88 Å². The number of nitrogens with zero attached hydrogens (tertiary/aromatic N) is 2. The molecule has 3 rings (SSSR count). The first-order chi connectivity index (χ1) is 14.0. The molecule has 146 valence electrons. The number of furan rings is 1. The summed E-state index contributed by atoms with van der Waals surface area (Å²) in [6, 6.07) is 11.9. The Hall–Kier alpha value is -4.25. The third-order valence-electron chi connectivity index (χ3n) is 4.05. The molecule has 1 aromatic carbocycles. The summed E-state index contributed by atoms with van der Waals surface area (Å²) in [5.41, 5.74) is 1.42. The van der Waals surface area contributed by atoms with Crippen LogP contribution in [0.3, 0.4) is 0 Å². The molecule has 3 N–H and O–H groups in total. The van der Waals surface area contributed by atoms with Gasteiger partial charge in [0.2, 0.25) is 5.88 Å². The van der Waals surface area contributed by atoms with E-state index in [1.165, 1.54) is 0 Å². The van der Waals surface area contributed by atoms with Gasteiger partial charge in [-0.3, -0.25) is 9.36 Å². The van der Waals surface area contributed by atoms with Gasteiger partial charge in [0.05, 0.1) is 0 Å². The normalized spacial score (nSPS) is 10.1. The zero-order chi connectivity index (χ0) is 20.8. The van der Waals surface area contributed by atoms with E-state index in [4.69, 9.17) is 4.42 Å². The maximum atomic E-state index is 12.8. The molecule has 0 saturated carbocycles. The first kappa shape index (κ1) is 19.5. The molecule has 2 heterocycles. The molecule has 0 unspecified atom stereocenters. The van der Waals surface area contributed by atoms with E-state index in [1.807, 2.05) is 0 Å². The van der Waals surface area contributed by atoms with Crippen LogP contribution in [0.4, 0.5) is 16.2 Å². The molecule has 0 saturated heterocycles. The highest BCUT2D eigenvalue weighted by molar-refractivity contribution is 6.07. The fraction of sp³-hybridized carbons (Fsp3) is 0.0952. The lowest BCUT2D eigenvalue weighted by atomic mass is 10.1. The molecule has 0 aliphatic carbocycles. The van der Waals surface area contributed by atoms with Crippen LogP contribution in [0.15, 0.2) is 65.9 Å². The predicted molar refractivity (Wildman–Crippen MR) is 109 cm³/mol. The van der Waals surface area contributed by atoms with Crippen LogP contribution in [0.5, 0.6) is 0 Å². The Kier molecular flexibility index (Phi) is 5.80. The van der Waals surface area contributed by atoms with E-state index in [9.17, 15) is 14.9 Å². The zero-order valence-electron chi connectivity index (χ0n) is 15.7. The molecule has 8 heteroatoms. The lowest BCUT2D eigenvalue weighted by Crippen LogP contribution is -2.28. The second-order valence-corrected chi connectivity index (χ2v) is 6.07. The summed E-state index contributed by atoms with van der Waals surface area (Å²) in [4.78, 5) is 24.4. The Bertz CT molecular complexity index is 1070. The Morgan fingerprint density at radius 1 is 1.17 bits per heavy atom. The first-order valence-electron chi connectivity index (χ1n) is 8.77. The van der Waals surface area contributed by atoms with Gasteiger partial charge < -0.3 is 20.4 Å². The highest BCUT2D eigenvalue weighted by atomic mass is 16.4. The summed E-state index contributed by atoms with van der Waals surface area (Å²) >= 11 is 0. The average molecular weight is 389 g/mol. The van der Waals surface area contributed by atoms with Gasteiger partial charge in [-0.2, -0.15) is 5.26 Å². The van der Waals surface area contributed by atoms with Gasteiger partial charge in [-0.15, -0.1) is 6.58 Å². The van der Waals surface area contributed by atoms with Crippen molar-refractivity contribution in [2.24, 2.45) is 0 Å². The molecule has 29 heavy (non-hydrogen) atoms. The van der Waals surface area contributed by atoms with Crippen LogP contribution in [0.2, 0.25) is 0 Å². The fourth-order valence-corrected chi connectivity index (χ4v) is 2.73. The highest BCUT2D eigenvalue weighted by Gasteiger charge is 2.24. The smallest absolute Gasteiger partial charge is 0.319 e. The molecular formula is C21H19N5O3. The van der Waals surface area contributed by atoms with Gasteiger partial charge in [0, 0.05) is 30.3 Å². The second kappa shape index (κ2) is 8.63. The van der Waals surface area contributed by atoms with Crippen LogP contribution in [-0.2, 0) is 0 Å². The molecule has 0 atom stereocenters. The number of nitrogens with one attached hydrogen (secondary N) is 3. The number of nitriles is 1. The van der Waals surface area contributed by atoms with Gasteiger partial charge in [-0.05, 0) is 43.3 Å². The van der Waals surface area contributed by atoms with Crippen molar-refractivity contribution in [1.29, 1.82) is 5.26 Å². The maximum Gasteiger partial charge on any atom is 0.319 e. The van der Waals surface area contributed by atoms with Crippen molar-refractivity contribution in [2.75, 3.05) is 17.2 Å². The van der Waals surface area contributed by atoms with Crippen LogP contribution in [-0.4, -0.2) is 23.1 Å². The predicted octanol–water partition coefficient (Wildman–Crippen LogP) is 3.81. The number of amides is 3. The first-order valence-corrected chi connectivity index (χ1v) is 8.77. The van der Waals surface area contributed by atoms with Gasteiger partial charge >= 0.3 is 6.03 Å². The number of aromatic nitrogens is 1. The van der Waals surface area contributed by atoms with E-state index >= 15 is 0 Å². The van der Waals surface area contributed by atoms with Crippen LogP contribution in [0, 0.1) is 18.3 Å². The van der Waals surface area contributed by atoms with E-state index < -0.39 is 5.91 Å². The number of carbonyl (C=O) groups excluding carboxylic acids is 2. The molecule has 3 amide bonds. The summed E-state index contributed by atoms with van der Waals surface area (Å²) in [5, 5.41) is 17.6. The summed E-state index contributed by atoms with van der Waals surface area (Å²) in [7, 11) is 0. The summed E-state index contributed by atoms with van der Waals surface area (Å²) in [5.74, 6) is 0.191. The second-order valence-electron chi connectivity index (χ2n) is 6.07. The van der Waals surface area contributed by atoms with Gasteiger partial charge in [-0.25, -0.2) is 4.79 Å². The van der Waals surface area contributed by atoms with Gasteiger partial charge in [0.25, 0.3) is 5.91 Å². The number of hydrogen-bond donors (Lipinski definition) is 3.